The summed E-state index contributed by atoms with van der Waals surface area (Å²) in [6.07, 6.45) is 1.07. The smallest absolute Gasteiger partial charge is 0.323 e. The van der Waals surface area contributed by atoms with Crippen LogP contribution in [0.1, 0.15) is 55.0 Å². The third-order valence-corrected chi connectivity index (χ3v) is 7.56. The molecule has 0 aliphatic rings. The second-order valence-corrected chi connectivity index (χ2v) is 10.6. The molecular formula is C36H40N2O4. The van der Waals surface area contributed by atoms with E-state index < -0.39 is 17.4 Å². The topological polar surface area (TPSA) is 76.7 Å². The van der Waals surface area contributed by atoms with Crippen molar-refractivity contribution in [3.63, 3.8) is 0 Å². The molecule has 0 aliphatic carbocycles. The number of rotatable bonds is 14. The molecule has 2 N–H and O–H groups in total. The average molecular weight is 565 g/mol. The van der Waals surface area contributed by atoms with Gasteiger partial charge in [0.1, 0.15) is 13.2 Å². The number of hydrogen-bond acceptors (Lipinski definition) is 6. The molecule has 4 aromatic carbocycles. The molecule has 0 aromatic heterocycles. The first-order valence-electron chi connectivity index (χ1n) is 14.5. The Labute approximate surface area is 249 Å². The number of aryl methyl sites for hydroxylation is 1. The molecule has 0 fully saturated rings. The number of ether oxygens (including phenoxy) is 2. The van der Waals surface area contributed by atoms with E-state index in [1.54, 1.807) is 13.8 Å². The second kappa shape index (κ2) is 14.9. The van der Waals surface area contributed by atoms with E-state index in [0.29, 0.717) is 0 Å². The maximum absolute atomic E-state index is 13.1. The predicted molar refractivity (Wildman–Crippen MR) is 168 cm³/mol. The number of hydrogen-bond donors (Lipinski definition) is 2. The zero-order valence-corrected chi connectivity index (χ0v) is 24.7. The van der Waals surface area contributed by atoms with Gasteiger partial charge in [-0.05, 0) is 71.8 Å². The van der Waals surface area contributed by atoms with Crippen LogP contribution in [-0.4, -0.2) is 11.9 Å². The van der Waals surface area contributed by atoms with Crippen molar-refractivity contribution in [1.29, 1.82) is 0 Å². The standard InChI is InChI=1S/C36H40N2O4/c1-4-30-22-33(38-24-28-14-10-7-11-15-28)21-18-31(30)26-42-35(40)36(3,5-2)34(39)41-25-29-16-19-32(20-17-29)37-23-27-12-8-6-9-13-27/h6-22,37-38H,4-5,23-26H2,1-3H3. The molecule has 4 rings (SSSR count). The van der Waals surface area contributed by atoms with Gasteiger partial charge in [0, 0.05) is 24.5 Å². The fraction of sp³-hybridized carbons (Fsp3) is 0.278. The van der Waals surface area contributed by atoms with Crippen LogP contribution in [0.3, 0.4) is 0 Å². The zero-order valence-electron chi connectivity index (χ0n) is 24.7. The van der Waals surface area contributed by atoms with Gasteiger partial charge in [-0.15, -0.1) is 0 Å². The lowest BCUT2D eigenvalue weighted by atomic mass is 9.88. The largest absolute Gasteiger partial charge is 0.460 e. The summed E-state index contributed by atoms with van der Waals surface area (Å²) >= 11 is 0. The minimum Gasteiger partial charge on any atom is -0.460 e. The van der Waals surface area contributed by atoms with Crippen LogP contribution < -0.4 is 10.6 Å². The predicted octanol–water partition coefficient (Wildman–Crippen LogP) is 7.68. The Kier molecular flexibility index (Phi) is 10.8. The summed E-state index contributed by atoms with van der Waals surface area (Å²) in [7, 11) is 0. The highest BCUT2D eigenvalue weighted by Crippen LogP contribution is 2.27. The molecule has 42 heavy (non-hydrogen) atoms. The third kappa shape index (κ3) is 8.23. The molecule has 0 heterocycles. The summed E-state index contributed by atoms with van der Waals surface area (Å²) in [5.41, 5.74) is 5.84. The maximum Gasteiger partial charge on any atom is 0.323 e. The number of carbonyl (C=O) groups is 2. The Hall–Kier alpha value is -4.58. The number of benzene rings is 4. The summed E-state index contributed by atoms with van der Waals surface area (Å²) in [4.78, 5) is 26.2. The highest BCUT2D eigenvalue weighted by atomic mass is 16.6. The monoisotopic (exact) mass is 564 g/mol. The summed E-state index contributed by atoms with van der Waals surface area (Å²) in [5.74, 6) is -1.17. The molecule has 6 nitrogen and oxygen atoms in total. The lowest BCUT2D eigenvalue weighted by Gasteiger charge is -2.24. The lowest BCUT2D eigenvalue weighted by molar-refractivity contribution is -0.173. The second-order valence-electron chi connectivity index (χ2n) is 10.6. The van der Waals surface area contributed by atoms with E-state index >= 15 is 0 Å². The van der Waals surface area contributed by atoms with Gasteiger partial charge in [-0.25, -0.2) is 0 Å². The Morgan fingerprint density at radius 2 is 1.14 bits per heavy atom. The number of carbonyl (C=O) groups excluding carboxylic acids is 2. The molecule has 0 aliphatic heterocycles. The van der Waals surface area contributed by atoms with E-state index in [2.05, 4.69) is 47.9 Å². The Morgan fingerprint density at radius 3 is 1.69 bits per heavy atom. The summed E-state index contributed by atoms with van der Waals surface area (Å²) < 4.78 is 11.3. The maximum atomic E-state index is 13.1. The normalized spacial score (nSPS) is 12.2. The van der Waals surface area contributed by atoms with Gasteiger partial charge in [-0.3, -0.25) is 9.59 Å². The van der Waals surface area contributed by atoms with E-state index in [1.807, 2.05) is 72.8 Å². The van der Waals surface area contributed by atoms with Gasteiger partial charge in [0.25, 0.3) is 0 Å². The zero-order chi connectivity index (χ0) is 29.8. The van der Waals surface area contributed by atoms with E-state index in [-0.39, 0.29) is 19.6 Å². The Balaban J connectivity index is 1.28. The van der Waals surface area contributed by atoms with Gasteiger partial charge < -0.3 is 20.1 Å². The highest BCUT2D eigenvalue weighted by Gasteiger charge is 2.42. The van der Waals surface area contributed by atoms with Crippen LogP contribution in [0.4, 0.5) is 11.4 Å². The molecule has 218 valence electrons. The van der Waals surface area contributed by atoms with Crippen LogP contribution in [-0.2, 0) is 51.8 Å². The fourth-order valence-corrected chi connectivity index (χ4v) is 4.51. The summed E-state index contributed by atoms with van der Waals surface area (Å²) in [6.45, 7) is 7.08. The molecule has 0 spiro atoms. The van der Waals surface area contributed by atoms with Crippen LogP contribution in [0.15, 0.2) is 103 Å². The van der Waals surface area contributed by atoms with Crippen LogP contribution in [0.2, 0.25) is 0 Å². The van der Waals surface area contributed by atoms with Crippen molar-refractivity contribution in [2.45, 2.75) is 59.9 Å². The van der Waals surface area contributed by atoms with Crippen molar-refractivity contribution in [1.82, 2.24) is 0 Å². The molecule has 0 saturated carbocycles. The van der Waals surface area contributed by atoms with Gasteiger partial charge in [0.05, 0.1) is 0 Å². The van der Waals surface area contributed by atoms with Crippen LogP contribution in [0, 0.1) is 5.41 Å². The molecule has 0 amide bonds. The average Bonchev–Trinajstić information content (AvgIpc) is 3.05. The van der Waals surface area contributed by atoms with E-state index in [4.69, 9.17) is 9.47 Å². The van der Waals surface area contributed by atoms with Gasteiger partial charge in [0.15, 0.2) is 5.41 Å². The van der Waals surface area contributed by atoms with E-state index in [0.717, 1.165) is 47.6 Å². The molecule has 0 saturated heterocycles. The number of anilines is 2. The van der Waals surface area contributed by atoms with Crippen molar-refractivity contribution < 1.29 is 19.1 Å². The molecule has 1 atom stereocenters. The lowest BCUT2D eigenvalue weighted by Crippen LogP contribution is -2.38. The van der Waals surface area contributed by atoms with Gasteiger partial charge in [0.2, 0.25) is 0 Å². The minimum atomic E-state index is -1.39. The van der Waals surface area contributed by atoms with Crippen molar-refractivity contribution in [2.24, 2.45) is 5.41 Å². The fourth-order valence-electron chi connectivity index (χ4n) is 4.51. The van der Waals surface area contributed by atoms with E-state index in [1.165, 1.54) is 11.1 Å². The minimum absolute atomic E-state index is 0.0814. The molecular weight excluding hydrogens is 524 g/mol. The van der Waals surface area contributed by atoms with Gasteiger partial charge in [-0.1, -0.05) is 92.7 Å². The van der Waals surface area contributed by atoms with Gasteiger partial charge >= 0.3 is 11.9 Å². The highest BCUT2D eigenvalue weighted by molar-refractivity contribution is 5.99. The van der Waals surface area contributed by atoms with Crippen molar-refractivity contribution in [3.05, 3.63) is 131 Å². The van der Waals surface area contributed by atoms with Crippen LogP contribution >= 0.6 is 0 Å². The molecule has 6 heteroatoms. The third-order valence-electron chi connectivity index (χ3n) is 7.56. The van der Waals surface area contributed by atoms with Crippen LogP contribution in [0.5, 0.6) is 0 Å². The summed E-state index contributed by atoms with van der Waals surface area (Å²) in [5, 5.41) is 6.83. The molecule has 4 aromatic rings. The number of nitrogens with one attached hydrogen (secondary N) is 2. The van der Waals surface area contributed by atoms with Crippen molar-refractivity contribution in [2.75, 3.05) is 10.6 Å². The Bertz CT molecular complexity index is 1440. The van der Waals surface area contributed by atoms with E-state index in [9.17, 15) is 9.59 Å². The van der Waals surface area contributed by atoms with Crippen molar-refractivity contribution in [3.8, 4) is 0 Å². The van der Waals surface area contributed by atoms with Crippen LogP contribution in [0.25, 0.3) is 0 Å². The first-order chi connectivity index (χ1) is 20.4. The van der Waals surface area contributed by atoms with Crippen molar-refractivity contribution >= 4 is 23.3 Å². The molecule has 0 bridgehead atoms. The number of esters is 2. The summed E-state index contributed by atoms with van der Waals surface area (Å²) in [6, 6.07) is 34.1. The Morgan fingerprint density at radius 1 is 0.619 bits per heavy atom. The SMILES string of the molecule is CCc1cc(NCc2ccccc2)ccc1COC(=O)C(C)(CC)C(=O)OCc1ccc(NCc2ccccc2)cc1. The molecule has 0 radical (unpaired) electrons. The quantitative estimate of drug-likeness (QED) is 0.121. The van der Waals surface area contributed by atoms with Gasteiger partial charge in [-0.2, -0.15) is 0 Å². The first-order valence-corrected chi connectivity index (χ1v) is 14.5. The molecule has 1 unspecified atom stereocenters. The first kappa shape index (κ1) is 30.4.